The molecule has 0 saturated heterocycles. The molecule has 1 aliphatic heterocycles. The third-order valence-electron chi connectivity index (χ3n) is 4.48. The molecule has 2 N–H and O–H groups in total. The maximum atomic E-state index is 12.6. The summed E-state index contributed by atoms with van der Waals surface area (Å²) in [6.45, 7) is 3.15. The van der Waals surface area contributed by atoms with Gasteiger partial charge in [-0.1, -0.05) is 6.42 Å². The van der Waals surface area contributed by atoms with Gasteiger partial charge in [0, 0.05) is 37.5 Å². The predicted octanol–water partition coefficient (Wildman–Crippen LogP) is 2.26. The Bertz CT molecular complexity index is 753. The number of nitrogens with one attached hydrogen (secondary N) is 2. The molecule has 1 fully saturated rings. The van der Waals surface area contributed by atoms with Crippen LogP contribution in [0.2, 0.25) is 0 Å². The maximum absolute atomic E-state index is 12.6. The Morgan fingerprint density at radius 1 is 1.35 bits per heavy atom. The Balaban J connectivity index is 1.68. The van der Waals surface area contributed by atoms with Gasteiger partial charge in [-0.05, 0) is 38.0 Å². The Morgan fingerprint density at radius 3 is 2.85 bits per heavy atom. The second-order valence-corrected chi connectivity index (χ2v) is 6.48. The first-order valence-electron chi connectivity index (χ1n) is 8.90. The lowest BCUT2D eigenvalue weighted by molar-refractivity contribution is -0.122. The number of nitrogens with zero attached hydrogens (tertiary/aromatic N) is 2. The summed E-state index contributed by atoms with van der Waals surface area (Å²) in [4.78, 5) is 30.8. The van der Waals surface area contributed by atoms with Gasteiger partial charge in [0.05, 0.1) is 12.3 Å². The molecule has 0 bridgehead atoms. The molecule has 1 aliphatic carbocycles. The molecular weight excluding hydrogens is 332 g/mol. The maximum Gasteiger partial charge on any atom is 0.255 e. The van der Waals surface area contributed by atoms with Crippen LogP contribution in [0.1, 0.15) is 36.5 Å². The molecule has 2 amide bonds. The summed E-state index contributed by atoms with van der Waals surface area (Å²) in [6, 6.07) is 3.20. The van der Waals surface area contributed by atoms with E-state index in [4.69, 9.17) is 4.74 Å². The summed E-state index contributed by atoms with van der Waals surface area (Å²) in [5.74, 6) is 0.811. The van der Waals surface area contributed by atoms with Gasteiger partial charge < -0.3 is 20.3 Å². The highest BCUT2D eigenvalue weighted by Crippen LogP contribution is 2.27. The van der Waals surface area contributed by atoms with Crippen LogP contribution in [0.25, 0.3) is 0 Å². The minimum absolute atomic E-state index is 0.0283. The first-order valence-corrected chi connectivity index (χ1v) is 8.90. The summed E-state index contributed by atoms with van der Waals surface area (Å²) >= 11 is 0. The van der Waals surface area contributed by atoms with E-state index in [1.807, 2.05) is 31.1 Å². The van der Waals surface area contributed by atoms with Gasteiger partial charge in [-0.25, -0.2) is 4.98 Å². The highest BCUT2D eigenvalue weighted by atomic mass is 16.5. The first kappa shape index (κ1) is 18.0. The van der Waals surface area contributed by atoms with Crippen molar-refractivity contribution in [2.24, 2.45) is 5.92 Å². The number of rotatable bonds is 6. The lowest BCUT2D eigenvalue weighted by atomic mass is 9.85. The van der Waals surface area contributed by atoms with Crippen LogP contribution in [0.5, 0.6) is 0 Å². The second kappa shape index (κ2) is 8.03. The Hall–Kier alpha value is -2.83. The van der Waals surface area contributed by atoms with Crippen molar-refractivity contribution in [3.8, 4) is 0 Å². The number of hydrogen-bond donors (Lipinski definition) is 2. The molecular formula is C19H24N4O3. The number of anilines is 1. The van der Waals surface area contributed by atoms with E-state index in [1.54, 1.807) is 12.1 Å². The molecule has 7 nitrogen and oxygen atoms in total. The van der Waals surface area contributed by atoms with Crippen molar-refractivity contribution in [1.82, 2.24) is 15.2 Å². The number of hydrogen-bond acceptors (Lipinski definition) is 5. The molecule has 2 aliphatic rings. The topological polar surface area (TPSA) is 83.6 Å². The fraction of sp³-hybridized carbons (Fsp3) is 0.421. The normalized spacial score (nSPS) is 16.9. The van der Waals surface area contributed by atoms with E-state index in [0.29, 0.717) is 29.4 Å². The Labute approximate surface area is 153 Å². The number of aromatic nitrogens is 1. The van der Waals surface area contributed by atoms with Crippen molar-refractivity contribution in [3.05, 3.63) is 47.6 Å². The standard InChI is InChI=1S/C19H24N4O3/c1-3-26-16-8-10-23(2)12-15(16)21-19(25)14-7-9-20-17(11-14)22-18(24)13-5-4-6-13/h7-9,11-13H,3-6,10H2,1-2H3,(H,21,25)(H,20,22,24). The van der Waals surface area contributed by atoms with E-state index >= 15 is 0 Å². The van der Waals surface area contributed by atoms with Gasteiger partial charge in [0.1, 0.15) is 11.6 Å². The molecule has 1 aromatic rings. The van der Waals surface area contributed by atoms with Gasteiger partial charge in [-0.3, -0.25) is 9.59 Å². The Kier molecular flexibility index (Phi) is 5.55. The number of amides is 2. The lowest BCUT2D eigenvalue weighted by Gasteiger charge is -2.24. The number of likely N-dealkylation sites (N-methyl/N-ethyl adjacent to an activating group) is 1. The molecule has 0 unspecified atom stereocenters. The number of carbonyl (C=O) groups is 2. The monoisotopic (exact) mass is 356 g/mol. The molecule has 0 radical (unpaired) electrons. The number of pyridine rings is 1. The van der Waals surface area contributed by atoms with Crippen molar-refractivity contribution in [2.45, 2.75) is 26.2 Å². The zero-order chi connectivity index (χ0) is 18.5. The zero-order valence-electron chi connectivity index (χ0n) is 15.1. The summed E-state index contributed by atoms with van der Waals surface area (Å²) < 4.78 is 5.58. The van der Waals surface area contributed by atoms with Gasteiger partial charge in [0.25, 0.3) is 5.91 Å². The van der Waals surface area contributed by atoms with Gasteiger partial charge >= 0.3 is 0 Å². The third-order valence-corrected chi connectivity index (χ3v) is 4.48. The highest BCUT2D eigenvalue weighted by Gasteiger charge is 2.25. The SMILES string of the molecule is CCOC1=CCN(C)C=C1NC(=O)c1ccnc(NC(=O)C2CCC2)c1. The van der Waals surface area contributed by atoms with Crippen LogP contribution in [0.15, 0.2) is 42.1 Å². The van der Waals surface area contributed by atoms with Crippen LogP contribution in [-0.4, -0.2) is 41.9 Å². The quantitative estimate of drug-likeness (QED) is 0.817. The molecule has 0 aromatic carbocycles. The van der Waals surface area contributed by atoms with Crippen LogP contribution in [0.4, 0.5) is 5.82 Å². The van der Waals surface area contributed by atoms with Crippen LogP contribution in [0.3, 0.4) is 0 Å². The fourth-order valence-electron chi connectivity index (χ4n) is 2.79. The minimum Gasteiger partial charge on any atom is -0.492 e. The molecule has 0 spiro atoms. The van der Waals surface area contributed by atoms with Crippen molar-refractivity contribution < 1.29 is 14.3 Å². The summed E-state index contributed by atoms with van der Waals surface area (Å²) in [7, 11) is 1.92. The average Bonchev–Trinajstić information content (AvgIpc) is 2.56. The molecule has 1 saturated carbocycles. The lowest BCUT2D eigenvalue weighted by Crippen LogP contribution is -2.30. The van der Waals surface area contributed by atoms with Gasteiger partial charge in [-0.15, -0.1) is 0 Å². The smallest absolute Gasteiger partial charge is 0.255 e. The van der Waals surface area contributed by atoms with E-state index in [-0.39, 0.29) is 17.7 Å². The molecule has 0 atom stereocenters. The second-order valence-electron chi connectivity index (χ2n) is 6.48. The third kappa shape index (κ3) is 4.22. The predicted molar refractivity (Wildman–Crippen MR) is 98.1 cm³/mol. The molecule has 138 valence electrons. The van der Waals surface area contributed by atoms with Crippen LogP contribution in [0, 0.1) is 5.92 Å². The fourth-order valence-corrected chi connectivity index (χ4v) is 2.79. The van der Waals surface area contributed by atoms with Crippen molar-refractivity contribution in [3.63, 3.8) is 0 Å². The highest BCUT2D eigenvalue weighted by molar-refractivity contribution is 5.98. The summed E-state index contributed by atoms with van der Waals surface area (Å²) in [5.41, 5.74) is 1.04. The van der Waals surface area contributed by atoms with Crippen LogP contribution < -0.4 is 10.6 Å². The first-order chi connectivity index (χ1) is 12.6. The van der Waals surface area contributed by atoms with Crippen molar-refractivity contribution in [1.29, 1.82) is 0 Å². The molecule has 3 rings (SSSR count). The molecule has 2 heterocycles. The van der Waals surface area contributed by atoms with Crippen LogP contribution in [-0.2, 0) is 9.53 Å². The molecule has 26 heavy (non-hydrogen) atoms. The van der Waals surface area contributed by atoms with E-state index in [9.17, 15) is 9.59 Å². The van der Waals surface area contributed by atoms with E-state index in [2.05, 4.69) is 15.6 Å². The van der Waals surface area contributed by atoms with E-state index < -0.39 is 0 Å². The van der Waals surface area contributed by atoms with E-state index in [0.717, 1.165) is 25.8 Å². The number of ether oxygens (including phenoxy) is 1. The average molecular weight is 356 g/mol. The molecule has 7 heteroatoms. The number of carbonyl (C=O) groups excluding carboxylic acids is 2. The van der Waals surface area contributed by atoms with Crippen LogP contribution >= 0.6 is 0 Å². The van der Waals surface area contributed by atoms with Gasteiger partial charge in [-0.2, -0.15) is 0 Å². The minimum atomic E-state index is -0.279. The Morgan fingerprint density at radius 2 is 2.15 bits per heavy atom. The summed E-state index contributed by atoms with van der Waals surface area (Å²) in [6.07, 6.45) is 8.21. The van der Waals surface area contributed by atoms with Crippen molar-refractivity contribution in [2.75, 3.05) is 25.5 Å². The summed E-state index contributed by atoms with van der Waals surface area (Å²) in [5, 5.41) is 5.66. The molecule has 1 aromatic heterocycles. The largest absolute Gasteiger partial charge is 0.492 e. The van der Waals surface area contributed by atoms with Gasteiger partial charge in [0.2, 0.25) is 5.91 Å². The van der Waals surface area contributed by atoms with Gasteiger partial charge in [0.15, 0.2) is 0 Å². The zero-order valence-corrected chi connectivity index (χ0v) is 15.1. The van der Waals surface area contributed by atoms with Crippen molar-refractivity contribution >= 4 is 17.6 Å². The van der Waals surface area contributed by atoms with E-state index in [1.165, 1.54) is 6.20 Å².